The number of quaternary nitrogens is 1. The summed E-state index contributed by atoms with van der Waals surface area (Å²) in [7, 11) is -4.46. The normalized spacial score (nSPS) is 16.3. The number of ether oxygens (including phenoxy) is 3. The van der Waals surface area contributed by atoms with Gasteiger partial charge in [0.1, 0.15) is 17.9 Å². The number of rotatable bonds is 18. The van der Waals surface area contributed by atoms with E-state index in [-0.39, 0.29) is 54.0 Å². The highest BCUT2D eigenvalue weighted by atomic mass is 32.2. The van der Waals surface area contributed by atoms with Gasteiger partial charge in [0.2, 0.25) is 5.91 Å². The smallest absolute Gasteiger partial charge is 0.359 e. The number of carbonyl (C=O) groups is 2. The van der Waals surface area contributed by atoms with Crippen LogP contribution >= 0.6 is 0 Å². The molecule has 13 nitrogen and oxygen atoms in total. The lowest BCUT2D eigenvalue weighted by Gasteiger charge is -2.52. The summed E-state index contributed by atoms with van der Waals surface area (Å²) >= 11 is 0. The van der Waals surface area contributed by atoms with Crippen LogP contribution in [0.4, 0.5) is 5.69 Å². The van der Waals surface area contributed by atoms with E-state index in [4.69, 9.17) is 18.4 Å². The predicted octanol–water partition coefficient (Wildman–Crippen LogP) is 4.79. The van der Waals surface area contributed by atoms with Crippen molar-refractivity contribution in [1.82, 2.24) is 4.90 Å². The second kappa shape index (κ2) is 16.1. The fraction of sp³-hybridized carbons (Fsp3) is 0.500. The van der Waals surface area contributed by atoms with Crippen LogP contribution in [0.3, 0.4) is 0 Å². The molecule has 0 saturated carbocycles. The Morgan fingerprint density at radius 2 is 1.63 bits per heavy atom. The first-order valence-electron chi connectivity index (χ1n) is 15.4. The highest BCUT2D eigenvalue weighted by molar-refractivity contribution is 7.86. The van der Waals surface area contributed by atoms with E-state index < -0.39 is 33.5 Å². The lowest BCUT2D eigenvalue weighted by Crippen LogP contribution is -2.70. The average molecular weight is 663 g/mol. The standard InChI is InChI=1S/C32H44N3O10S/c1-7-35(8-2,9-3)29-21-30(36)33(29)31(32(37)44-22-25-13-15-26(16-14-25)34(38)39)28(19-20-43-24(6)42-10-4)45-46(40,41)27-17-11-23(5)12-18-27/h11-18,24,29H,7-10,19-22H2,1-6H3/q+1. The van der Waals surface area contributed by atoms with Gasteiger partial charge < -0.3 is 22.9 Å². The Morgan fingerprint density at radius 1 is 1.02 bits per heavy atom. The van der Waals surface area contributed by atoms with E-state index in [2.05, 4.69) is 0 Å². The number of aryl methyl sites for hydroxylation is 1. The highest BCUT2D eigenvalue weighted by Crippen LogP contribution is 2.36. The lowest BCUT2D eigenvalue weighted by atomic mass is 10.0. The van der Waals surface area contributed by atoms with Gasteiger partial charge in [-0.15, -0.1) is 0 Å². The molecular weight excluding hydrogens is 618 g/mol. The maximum Gasteiger partial charge on any atom is 0.359 e. The fourth-order valence-corrected chi connectivity index (χ4v) is 6.37. The average Bonchev–Trinajstić information content (AvgIpc) is 3.03. The Hall–Kier alpha value is -3.85. The molecule has 252 valence electrons. The highest BCUT2D eigenvalue weighted by Gasteiger charge is 2.53. The van der Waals surface area contributed by atoms with E-state index in [1.165, 1.54) is 41.3 Å². The zero-order valence-corrected chi connectivity index (χ0v) is 28.1. The number of non-ortho nitro benzene ring substituents is 1. The van der Waals surface area contributed by atoms with E-state index in [1.54, 1.807) is 26.0 Å². The first kappa shape index (κ1) is 36.6. The first-order valence-corrected chi connectivity index (χ1v) is 16.8. The summed E-state index contributed by atoms with van der Waals surface area (Å²) in [6.07, 6.45) is -1.16. The van der Waals surface area contributed by atoms with Crippen LogP contribution in [0.25, 0.3) is 0 Å². The van der Waals surface area contributed by atoms with Crippen molar-refractivity contribution in [3.05, 3.63) is 81.2 Å². The quantitative estimate of drug-likeness (QED) is 0.0251. The lowest BCUT2D eigenvalue weighted by molar-refractivity contribution is -0.958. The molecule has 0 N–H and O–H groups in total. The molecule has 2 aromatic rings. The Morgan fingerprint density at radius 3 is 2.15 bits per heavy atom. The van der Waals surface area contributed by atoms with Gasteiger partial charge in [-0.25, -0.2) is 4.79 Å². The van der Waals surface area contributed by atoms with E-state index in [9.17, 15) is 28.1 Å². The van der Waals surface area contributed by atoms with Gasteiger partial charge in [0, 0.05) is 25.2 Å². The molecule has 0 radical (unpaired) electrons. The molecule has 14 heteroatoms. The zero-order chi connectivity index (χ0) is 34.1. The van der Waals surface area contributed by atoms with E-state index in [0.29, 0.717) is 36.3 Å². The minimum absolute atomic E-state index is 0.0961. The molecule has 0 aromatic heterocycles. The van der Waals surface area contributed by atoms with E-state index in [0.717, 1.165) is 5.56 Å². The van der Waals surface area contributed by atoms with Crippen LogP contribution in [0.2, 0.25) is 0 Å². The summed E-state index contributed by atoms with van der Waals surface area (Å²) in [6, 6.07) is 11.5. The molecule has 0 bridgehead atoms. The second-order valence-corrected chi connectivity index (χ2v) is 12.4. The number of nitro groups is 1. The summed E-state index contributed by atoms with van der Waals surface area (Å²) in [5.41, 5.74) is 0.833. The van der Waals surface area contributed by atoms with Gasteiger partial charge in [0.25, 0.3) is 5.69 Å². The SMILES string of the molecule is CCOC(C)OCCC(OS(=O)(=O)c1ccc(C)cc1)=C(C(=O)OCc1ccc([N+](=O)[O-])cc1)N1C(=O)CC1[N+](CC)(CC)CC. The van der Waals surface area contributed by atoms with Gasteiger partial charge in [-0.05, 0) is 71.4 Å². The van der Waals surface area contributed by atoms with Crippen LogP contribution in [-0.2, 0) is 44.7 Å². The van der Waals surface area contributed by atoms with Crippen LogP contribution in [0, 0.1) is 17.0 Å². The van der Waals surface area contributed by atoms with Crippen molar-refractivity contribution in [3.8, 4) is 0 Å². The zero-order valence-electron chi connectivity index (χ0n) is 27.3. The van der Waals surface area contributed by atoms with Crippen molar-refractivity contribution in [2.24, 2.45) is 0 Å². The molecule has 2 atom stereocenters. The number of nitrogens with zero attached hydrogens (tertiary/aromatic N) is 3. The summed E-state index contributed by atoms with van der Waals surface area (Å²) in [5.74, 6) is -1.68. The topological polar surface area (TPSA) is 152 Å². The Balaban J connectivity index is 2.12. The van der Waals surface area contributed by atoms with Crippen molar-refractivity contribution in [2.45, 2.75) is 78.3 Å². The molecule has 2 unspecified atom stereocenters. The minimum Gasteiger partial charge on any atom is -0.456 e. The Kier molecular flexibility index (Phi) is 12.8. The molecule has 0 spiro atoms. The number of hydrogen-bond donors (Lipinski definition) is 0. The largest absolute Gasteiger partial charge is 0.456 e. The monoisotopic (exact) mass is 662 g/mol. The molecule has 1 fully saturated rings. The van der Waals surface area contributed by atoms with E-state index >= 15 is 0 Å². The molecule has 1 amide bonds. The molecule has 1 aliphatic heterocycles. The van der Waals surface area contributed by atoms with Crippen molar-refractivity contribution in [2.75, 3.05) is 32.8 Å². The van der Waals surface area contributed by atoms with Gasteiger partial charge in [0.05, 0.1) is 31.2 Å². The number of amides is 1. The van der Waals surface area contributed by atoms with Crippen molar-refractivity contribution in [1.29, 1.82) is 0 Å². The number of benzene rings is 2. The Bertz CT molecular complexity index is 1500. The van der Waals surface area contributed by atoms with Gasteiger partial charge in [-0.2, -0.15) is 8.42 Å². The maximum atomic E-state index is 14.0. The number of esters is 1. The number of β-lactam (4-membered cyclic amide) rings is 1. The molecule has 1 aliphatic rings. The van der Waals surface area contributed by atoms with Crippen LogP contribution in [-0.4, -0.2) is 79.9 Å². The fourth-order valence-electron chi connectivity index (χ4n) is 5.38. The molecule has 0 aliphatic carbocycles. The van der Waals surface area contributed by atoms with Crippen LogP contribution in [0.15, 0.2) is 64.9 Å². The number of hydrogen-bond acceptors (Lipinski definition) is 10. The van der Waals surface area contributed by atoms with Crippen LogP contribution < -0.4 is 0 Å². The van der Waals surface area contributed by atoms with E-state index in [1.807, 2.05) is 27.7 Å². The molecule has 2 aromatic carbocycles. The van der Waals surface area contributed by atoms with Gasteiger partial charge >= 0.3 is 16.1 Å². The summed E-state index contributed by atoms with van der Waals surface area (Å²) in [4.78, 5) is 39.0. The third kappa shape index (κ3) is 8.69. The van der Waals surface area contributed by atoms with Crippen LogP contribution in [0.5, 0.6) is 0 Å². The van der Waals surface area contributed by atoms with Gasteiger partial charge in [-0.1, -0.05) is 17.7 Å². The van der Waals surface area contributed by atoms with Crippen molar-refractivity contribution in [3.63, 3.8) is 0 Å². The summed E-state index contributed by atoms with van der Waals surface area (Å²) in [5, 5.41) is 11.1. The van der Waals surface area contributed by atoms with Crippen molar-refractivity contribution < 1.29 is 45.8 Å². The number of carbonyl (C=O) groups excluding carboxylic acids is 2. The minimum atomic E-state index is -4.46. The molecule has 46 heavy (non-hydrogen) atoms. The third-order valence-electron chi connectivity index (χ3n) is 8.26. The molecule has 3 rings (SSSR count). The molecule has 1 saturated heterocycles. The first-order chi connectivity index (χ1) is 21.8. The van der Waals surface area contributed by atoms with Gasteiger partial charge in [0.15, 0.2) is 23.9 Å². The predicted molar refractivity (Wildman–Crippen MR) is 168 cm³/mol. The second-order valence-electron chi connectivity index (χ2n) is 10.9. The maximum absolute atomic E-state index is 14.0. The molecule has 1 heterocycles. The molecular formula is C32H44N3O10S+. The summed E-state index contributed by atoms with van der Waals surface area (Å²) < 4.78 is 50.1. The number of nitro benzene ring substituents is 1. The Labute approximate surface area is 270 Å². The van der Waals surface area contributed by atoms with Crippen molar-refractivity contribution >= 4 is 27.7 Å². The summed E-state index contributed by atoms with van der Waals surface area (Å²) in [6.45, 7) is 13.2. The van der Waals surface area contributed by atoms with Crippen LogP contribution in [0.1, 0.15) is 58.6 Å². The van der Waals surface area contributed by atoms with Gasteiger partial charge in [-0.3, -0.25) is 19.8 Å². The number of likely N-dealkylation sites (tertiary alicyclic amines) is 1. The third-order valence-corrected chi connectivity index (χ3v) is 9.53.